The summed E-state index contributed by atoms with van der Waals surface area (Å²) in [4.78, 5) is 16.3. The lowest BCUT2D eigenvalue weighted by atomic mass is 10.1. The molecule has 0 spiro atoms. The van der Waals surface area contributed by atoms with E-state index < -0.39 is 15.1 Å². The van der Waals surface area contributed by atoms with Crippen molar-refractivity contribution in [3.63, 3.8) is 0 Å². The minimum atomic E-state index is -3.67. The van der Waals surface area contributed by atoms with Gasteiger partial charge in [-0.1, -0.05) is 26.0 Å². The van der Waals surface area contributed by atoms with Crippen LogP contribution in [0.15, 0.2) is 47.6 Å². The molecule has 0 bridgehead atoms. The van der Waals surface area contributed by atoms with Crippen molar-refractivity contribution in [2.45, 2.75) is 44.3 Å². The number of rotatable bonds is 7. The van der Waals surface area contributed by atoms with Crippen LogP contribution in [0.5, 0.6) is 0 Å². The molecule has 0 saturated heterocycles. The molecule has 0 unspecified atom stereocenters. The first-order valence-electron chi connectivity index (χ1n) is 8.69. The standard InChI is InChI=1S/C20H26N2O3S/c1-14(2)10-20(23)22-13-19(17-6-5-9-21-12-17)26(24,25)18-8-7-15(3)16(4)11-18/h5-9,11-12,14,19H,10,13H2,1-4H3,(H,22,23)/t19-/m1/s1. The zero-order chi connectivity index (χ0) is 19.3. The van der Waals surface area contributed by atoms with Crippen LogP contribution >= 0.6 is 0 Å². The molecule has 1 N–H and O–H groups in total. The fraction of sp³-hybridized carbons (Fsp3) is 0.400. The summed E-state index contributed by atoms with van der Waals surface area (Å²) >= 11 is 0. The summed E-state index contributed by atoms with van der Waals surface area (Å²) < 4.78 is 26.5. The average molecular weight is 375 g/mol. The van der Waals surface area contributed by atoms with Crippen LogP contribution in [0, 0.1) is 19.8 Å². The quantitative estimate of drug-likeness (QED) is 0.806. The first kappa shape index (κ1) is 20.1. The van der Waals surface area contributed by atoms with E-state index in [4.69, 9.17) is 0 Å². The highest BCUT2D eigenvalue weighted by atomic mass is 32.2. The van der Waals surface area contributed by atoms with Crippen molar-refractivity contribution in [1.29, 1.82) is 0 Å². The number of nitrogens with zero attached hydrogens (tertiary/aromatic N) is 1. The molecular formula is C20H26N2O3S. The number of amides is 1. The maximum Gasteiger partial charge on any atom is 0.220 e. The van der Waals surface area contributed by atoms with Gasteiger partial charge in [-0.05, 0) is 54.7 Å². The molecule has 1 atom stereocenters. The van der Waals surface area contributed by atoms with Crippen LogP contribution < -0.4 is 5.32 Å². The van der Waals surface area contributed by atoms with E-state index in [1.54, 1.807) is 36.5 Å². The van der Waals surface area contributed by atoms with E-state index in [-0.39, 0.29) is 23.3 Å². The molecule has 26 heavy (non-hydrogen) atoms. The molecule has 0 aliphatic rings. The SMILES string of the molecule is Cc1ccc(S(=O)(=O)[C@H](CNC(=O)CC(C)C)c2cccnc2)cc1C. The Morgan fingerprint density at radius 3 is 2.46 bits per heavy atom. The molecule has 5 nitrogen and oxygen atoms in total. The van der Waals surface area contributed by atoms with E-state index in [1.165, 1.54) is 6.20 Å². The van der Waals surface area contributed by atoms with Gasteiger partial charge in [-0.3, -0.25) is 9.78 Å². The second-order valence-corrected chi connectivity index (χ2v) is 9.10. The van der Waals surface area contributed by atoms with Crippen molar-refractivity contribution in [2.75, 3.05) is 6.54 Å². The molecule has 2 aromatic rings. The van der Waals surface area contributed by atoms with E-state index in [0.717, 1.165) is 11.1 Å². The lowest BCUT2D eigenvalue weighted by Crippen LogP contribution is -2.32. The molecule has 1 heterocycles. The number of aromatic nitrogens is 1. The van der Waals surface area contributed by atoms with Crippen molar-refractivity contribution in [3.8, 4) is 0 Å². The van der Waals surface area contributed by atoms with Crippen molar-refractivity contribution in [2.24, 2.45) is 5.92 Å². The topological polar surface area (TPSA) is 76.1 Å². The van der Waals surface area contributed by atoms with Crippen molar-refractivity contribution in [3.05, 3.63) is 59.4 Å². The molecule has 0 radical (unpaired) electrons. The molecule has 1 amide bonds. The number of hydrogen-bond acceptors (Lipinski definition) is 4. The Hall–Kier alpha value is -2.21. The number of hydrogen-bond donors (Lipinski definition) is 1. The minimum Gasteiger partial charge on any atom is -0.354 e. The number of aryl methyl sites for hydroxylation is 2. The van der Waals surface area contributed by atoms with Gasteiger partial charge in [0.1, 0.15) is 5.25 Å². The number of carbonyl (C=O) groups excluding carboxylic acids is 1. The lowest BCUT2D eigenvalue weighted by Gasteiger charge is -2.19. The summed E-state index contributed by atoms with van der Waals surface area (Å²) in [6.07, 6.45) is 3.50. The minimum absolute atomic E-state index is 0.0203. The molecule has 1 aromatic heterocycles. The number of nitrogens with one attached hydrogen (secondary N) is 1. The molecule has 0 saturated carbocycles. The highest BCUT2D eigenvalue weighted by molar-refractivity contribution is 7.91. The average Bonchev–Trinajstić information content (AvgIpc) is 2.57. The number of benzene rings is 1. The molecule has 2 rings (SSSR count). The molecule has 0 aliphatic carbocycles. The predicted octanol–water partition coefficient (Wildman–Crippen LogP) is 3.38. The van der Waals surface area contributed by atoms with Gasteiger partial charge in [0.25, 0.3) is 0 Å². The molecule has 1 aromatic carbocycles. The number of pyridine rings is 1. The third-order valence-electron chi connectivity index (χ3n) is 4.32. The van der Waals surface area contributed by atoms with Crippen LogP contribution in [0.25, 0.3) is 0 Å². The lowest BCUT2D eigenvalue weighted by molar-refractivity contribution is -0.121. The summed E-state index contributed by atoms with van der Waals surface area (Å²) in [6.45, 7) is 7.74. The zero-order valence-electron chi connectivity index (χ0n) is 15.7. The predicted molar refractivity (Wildman–Crippen MR) is 103 cm³/mol. The largest absolute Gasteiger partial charge is 0.354 e. The van der Waals surface area contributed by atoms with Gasteiger partial charge in [-0.15, -0.1) is 0 Å². The fourth-order valence-electron chi connectivity index (χ4n) is 2.68. The highest BCUT2D eigenvalue weighted by Gasteiger charge is 2.30. The van der Waals surface area contributed by atoms with Gasteiger partial charge in [0, 0.05) is 25.4 Å². The molecule has 6 heteroatoms. The molecule has 0 aliphatic heterocycles. The highest BCUT2D eigenvalue weighted by Crippen LogP contribution is 2.29. The number of carbonyl (C=O) groups is 1. The summed E-state index contributed by atoms with van der Waals surface area (Å²) in [6, 6.07) is 8.54. The van der Waals surface area contributed by atoms with Crippen LogP contribution in [0.4, 0.5) is 0 Å². The Morgan fingerprint density at radius 1 is 1.15 bits per heavy atom. The van der Waals surface area contributed by atoms with Crippen LogP contribution in [0.3, 0.4) is 0 Å². The Labute approximate surface area is 155 Å². The van der Waals surface area contributed by atoms with Gasteiger partial charge in [-0.2, -0.15) is 0 Å². The normalized spacial score (nSPS) is 12.8. The maximum absolute atomic E-state index is 13.3. The van der Waals surface area contributed by atoms with Crippen LogP contribution in [-0.2, 0) is 14.6 Å². The van der Waals surface area contributed by atoms with Crippen molar-refractivity contribution in [1.82, 2.24) is 10.3 Å². The molecule has 0 fully saturated rings. The summed E-state index contributed by atoms with van der Waals surface area (Å²) in [7, 11) is -3.67. The van der Waals surface area contributed by atoms with E-state index in [1.807, 2.05) is 27.7 Å². The van der Waals surface area contributed by atoms with E-state index in [2.05, 4.69) is 10.3 Å². The van der Waals surface area contributed by atoms with Crippen molar-refractivity contribution < 1.29 is 13.2 Å². The van der Waals surface area contributed by atoms with Gasteiger partial charge >= 0.3 is 0 Å². The van der Waals surface area contributed by atoms with Gasteiger partial charge in [0.05, 0.1) is 4.90 Å². The number of sulfone groups is 1. The molecular weight excluding hydrogens is 348 g/mol. The van der Waals surface area contributed by atoms with Gasteiger partial charge in [0.2, 0.25) is 5.91 Å². The first-order valence-corrected chi connectivity index (χ1v) is 10.2. The van der Waals surface area contributed by atoms with Crippen molar-refractivity contribution >= 4 is 15.7 Å². The Morgan fingerprint density at radius 2 is 1.88 bits per heavy atom. The first-order chi connectivity index (χ1) is 12.2. The second kappa shape index (κ2) is 8.45. The fourth-order valence-corrected chi connectivity index (χ4v) is 4.41. The Bertz CT molecular complexity index is 862. The van der Waals surface area contributed by atoms with E-state index in [0.29, 0.717) is 12.0 Å². The van der Waals surface area contributed by atoms with Crippen LogP contribution in [0.1, 0.15) is 42.2 Å². The summed E-state index contributed by atoms with van der Waals surface area (Å²) in [5.41, 5.74) is 2.52. The monoisotopic (exact) mass is 374 g/mol. The maximum atomic E-state index is 13.3. The van der Waals surface area contributed by atoms with E-state index >= 15 is 0 Å². The zero-order valence-corrected chi connectivity index (χ0v) is 16.5. The Kier molecular flexibility index (Phi) is 6.53. The van der Waals surface area contributed by atoms with Gasteiger partial charge < -0.3 is 5.32 Å². The van der Waals surface area contributed by atoms with Gasteiger partial charge in [-0.25, -0.2) is 8.42 Å². The smallest absolute Gasteiger partial charge is 0.220 e. The molecule has 140 valence electrons. The summed E-state index contributed by atoms with van der Waals surface area (Å²) in [5, 5.41) is 1.89. The van der Waals surface area contributed by atoms with E-state index in [9.17, 15) is 13.2 Å². The van der Waals surface area contributed by atoms with Gasteiger partial charge in [0.15, 0.2) is 9.84 Å². The third-order valence-corrected chi connectivity index (χ3v) is 6.41. The second-order valence-electron chi connectivity index (χ2n) is 6.97. The third kappa shape index (κ3) is 4.91. The Balaban J connectivity index is 2.36. The summed E-state index contributed by atoms with van der Waals surface area (Å²) in [5.74, 6) is 0.0624. The van der Waals surface area contributed by atoms with Crippen LogP contribution in [-0.4, -0.2) is 25.9 Å². The van der Waals surface area contributed by atoms with Crippen LogP contribution in [0.2, 0.25) is 0 Å².